The smallest absolute Gasteiger partial charge is 0.323 e. The van der Waals surface area contributed by atoms with Crippen LogP contribution in [-0.2, 0) is 19.1 Å². The van der Waals surface area contributed by atoms with Crippen LogP contribution in [-0.4, -0.2) is 37.7 Å². The maximum atomic E-state index is 11.8. The summed E-state index contributed by atoms with van der Waals surface area (Å²) in [5.41, 5.74) is 0. The minimum absolute atomic E-state index is 0.0761. The lowest BCUT2D eigenvalue weighted by atomic mass is 10.1. The summed E-state index contributed by atoms with van der Waals surface area (Å²) in [6.07, 6.45) is 4.46. The molecule has 0 spiro atoms. The van der Waals surface area contributed by atoms with Gasteiger partial charge in [-0.3, -0.25) is 9.59 Å². The number of ether oxygens (including phenoxy) is 2. The number of hydrogen-bond acceptors (Lipinski definition) is 5. The van der Waals surface area contributed by atoms with Gasteiger partial charge in [-0.1, -0.05) is 12.8 Å². The van der Waals surface area contributed by atoms with E-state index in [0.717, 1.165) is 25.7 Å². The predicted octanol–water partition coefficient (Wildman–Crippen LogP) is 0.623. The minimum atomic E-state index is -0.332. The zero-order valence-corrected chi connectivity index (χ0v) is 10.1. The average Bonchev–Trinajstić information content (AvgIpc) is 2.98. The summed E-state index contributed by atoms with van der Waals surface area (Å²) >= 11 is 0. The van der Waals surface area contributed by atoms with Crippen LogP contribution in [0.25, 0.3) is 0 Å². The van der Waals surface area contributed by atoms with E-state index >= 15 is 0 Å². The summed E-state index contributed by atoms with van der Waals surface area (Å²) < 4.78 is 10.1. The highest BCUT2D eigenvalue weighted by molar-refractivity contribution is 5.76. The molecule has 1 aliphatic carbocycles. The number of nitrogens with one attached hydrogen (secondary N) is 1. The van der Waals surface area contributed by atoms with Gasteiger partial charge in [0, 0.05) is 13.0 Å². The molecule has 0 unspecified atom stereocenters. The van der Waals surface area contributed by atoms with Crippen LogP contribution in [0.1, 0.15) is 32.1 Å². The van der Waals surface area contributed by atoms with E-state index in [-0.39, 0.29) is 30.0 Å². The molecule has 96 valence electrons. The number of carbonyl (C=O) groups is 2. The number of methoxy groups -OCH3 is 1. The molecule has 5 heteroatoms. The molecule has 0 amide bonds. The number of hydrogen-bond donors (Lipinski definition) is 1. The molecule has 0 aromatic rings. The van der Waals surface area contributed by atoms with E-state index in [1.807, 2.05) is 0 Å². The molecule has 2 rings (SSSR count). The van der Waals surface area contributed by atoms with Gasteiger partial charge in [0.15, 0.2) is 0 Å². The van der Waals surface area contributed by atoms with Crippen LogP contribution in [0.2, 0.25) is 0 Å². The molecular weight excluding hydrogens is 222 g/mol. The van der Waals surface area contributed by atoms with E-state index in [0.29, 0.717) is 13.0 Å². The molecule has 1 heterocycles. The van der Waals surface area contributed by atoms with Crippen LogP contribution in [0.15, 0.2) is 0 Å². The van der Waals surface area contributed by atoms with E-state index in [2.05, 4.69) is 10.1 Å². The Kier molecular flexibility index (Phi) is 3.99. The molecule has 1 N–H and O–H groups in total. The first-order valence-electron chi connectivity index (χ1n) is 6.22. The minimum Gasteiger partial charge on any atom is -0.468 e. The van der Waals surface area contributed by atoms with E-state index in [1.165, 1.54) is 7.11 Å². The van der Waals surface area contributed by atoms with Crippen molar-refractivity contribution in [3.05, 3.63) is 0 Å². The number of esters is 2. The second-order valence-electron chi connectivity index (χ2n) is 4.76. The Morgan fingerprint density at radius 2 is 1.88 bits per heavy atom. The van der Waals surface area contributed by atoms with Gasteiger partial charge in [0.25, 0.3) is 0 Å². The Morgan fingerprint density at radius 1 is 1.18 bits per heavy atom. The third-order valence-electron chi connectivity index (χ3n) is 3.55. The van der Waals surface area contributed by atoms with Crippen LogP contribution in [0.5, 0.6) is 0 Å². The molecule has 2 aliphatic rings. The van der Waals surface area contributed by atoms with Crippen molar-refractivity contribution in [2.24, 2.45) is 5.92 Å². The van der Waals surface area contributed by atoms with Crippen molar-refractivity contribution in [1.82, 2.24) is 5.32 Å². The summed E-state index contributed by atoms with van der Waals surface area (Å²) in [5.74, 6) is -0.309. The second kappa shape index (κ2) is 5.49. The highest BCUT2D eigenvalue weighted by Crippen LogP contribution is 2.26. The van der Waals surface area contributed by atoms with Crippen LogP contribution in [0.3, 0.4) is 0 Å². The van der Waals surface area contributed by atoms with Gasteiger partial charge in [0.2, 0.25) is 0 Å². The number of carbonyl (C=O) groups excluding carboxylic acids is 2. The SMILES string of the molecule is COC(=O)[C@@H]1C[C@H](OC(=O)C2CCCC2)CN1. The van der Waals surface area contributed by atoms with E-state index in [9.17, 15) is 9.59 Å². The van der Waals surface area contributed by atoms with Gasteiger partial charge in [0.1, 0.15) is 12.1 Å². The number of rotatable bonds is 3. The summed E-state index contributed by atoms with van der Waals surface area (Å²) in [5, 5.41) is 3.00. The van der Waals surface area contributed by atoms with Crippen molar-refractivity contribution in [3.63, 3.8) is 0 Å². The van der Waals surface area contributed by atoms with Crippen molar-refractivity contribution >= 4 is 11.9 Å². The van der Waals surface area contributed by atoms with E-state index < -0.39 is 0 Å². The first-order valence-corrected chi connectivity index (χ1v) is 6.22. The fourth-order valence-electron chi connectivity index (χ4n) is 2.54. The molecule has 0 aromatic carbocycles. The molecular formula is C12H19NO4. The van der Waals surface area contributed by atoms with Crippen molar-refractivity contribution in [2.75, 3.05) is 13.7 Å². The molecule has 0 aromatic heterocycles. The molecule has 5 nitrogen and oxygen atoms in total. The van der Waals surface area contributed by atoms with Gasteiger partial charge in [-0.15, -0.1) is 0 Å². The third-order valence-corrected chi connectivity index (χ3v) is 3.55. The quantitative estimate of drug-likeness (QED) is 0.734. The predicted molar refractivity (Wildman–Crippen MR) is 60.3 cm³/mol. The van der Waals surface area contributed by atoms with Gasteiger partial charge in [0.05, 0.1) is 13.0 Å². The summed E-state index contributed by atoms with van der Waals surface area (Å²) in [7, 11) is 1.36. The Morgan fingerprint density at radius 3 is 2.53 bits per heavy atom. The zero-order valence-electron chi connectivity index (χ0n) is 10.1. The highest BCUT2D eigenvalue weighted by Gasteiger charge is 2.34. The zero-order chi connectivity index (χ0) is 12.3. The molecule has 1 saturated heterocycles. The molecule has 0 bridgehead atoms. The molecule has 1 saturated carbocycles. The average molecular weight is 241 g/mol. The van der Waals surface area contributed by atoms with E-state index in [4.69, 9.17) is 4.74 Å². The fraction of sp³-hybridized carbons (Fsp3) is 0.833. The maximum absolute atomic E-state index is 11.8. The van der Waals surface area contributed by atoms with Crippen molar-refractivity contribution in [1.29, 1.82) is 0 Å². The van der Waals surface area contributed by atoms with Gasteiger partial charge in [-0.2, -0.15) is 0 Å². The topological polar surface area (TPSA) is 64.6 Å². The molecule has 2 atom stereocenters. The van der Waals surface area contributed by atoms with E-state index in [1.54, 1.807) is 0 Å². The lowest BCUT2D eigenvalue weighted by molar-refractivity contribution is -0.153. The van der Waals surface area contributed by atoms with Crippen LogP contribution in [0.4, 0.5) is 0 Å². The largest absolute Gasteiger partial charge is 0.468 e. The van der Waals surface area contributed by atoms with Gasteiger partial charge < -0.3 is 14.8 Å². The van der Waals surface area contributed by atoms with Gasteiger partial charge in [-0.25, -0.2) is 0 Å². The molecule has 1 aliphatic heterocycles. The van der Waals surface area contributed by atoms with Gasteiger partial charge >= 0.3 is 11.9 Å². The summed E-state index contributed by atoms with van der Waals surface area (Å²) in [6, 6.07) is -0.332. The van der Waals surface area contributed by atoms with Crippen LogP contribution >= 0.6 is 0 Å². The molecule has 2 fully saturated rings. The Hall–Kier alpha value is -1.10. The monoisotopic (exact) mass is 241 g/mol. The lowest BCUT2D eigenvalue weighted by Gasteiger charge is -2.14. The van der Waals surface area contributed by atoms with Crippen LogP contribution < -0.4 is 5.32 Å². The fourth-order valence-corrected chi connectivity index (χ4v) is 2.54. The maximum Gasteiger partial charge on any atom is 0.323 e. The lowest BCUT2D eigenvalue weighted by Crippen LogP contribution is -2.31. The Bertz CT molecular complexity index is 299. The van der Waals surface area contributed by atoms with Crippen LogP contribution in [0, 0.1) is 5.92 Å². The summed E-state index contributed by atoms with van der Waals surface area (Å²) in [6.45, 7) is 0.540. The van der Waals surface area contributed by atoms with Gasteiger partial charge in [-0.05, 0) is 12.8 Å². The summed E-state index contributed by atoms with van der Waals surface area (Å²) in [4.78, 5) is 23.1. The Balaban J connectivity index is 1.77. The highest BCUT2D eigenvalue weighted by atomic mass is 16.5. The standard InChI is InChI=1S/C12H19NO4/c1-16-12(15)10-6-9(7-13-10)17-11(14)8-4-2-3-5-8/h8-10,13H,2-7H2,1H3/t9-,10-/m0/s1. The first kappa shape index (κ1) is 12.4. The molecule has 17 heavy (non-hydrogen) atoms. The normalized spacial score (nSPS) is 29.2. The molecule has 0 radical (unpaired) electrons. The second-order valence-corrected chi connectivity index (χ2v) is 4.76. The van der Waals surface area contributed by atoms with Crippen molar-refractivity contribution in [2.45, 2.75) is 44.2 Å². The first-order chi connectivity index (χ1) is 8.20. The third kappa shape index (κ3) is 2.97. The van der Waals surface area contributed by atoms with Crippen molar-refractivity contribution in [3.8, 4) is 0 Å². The van der Waals surface area contributed by atoms with Crippen molar-refractivity contribution < 1.29 is 19.1 Å². The Labute approximate surface area is 101 Å².